The van der Waals surface area contributed by atoms with Gasteiger partial charge in [-0.3, -0.25) is 9.59 Å². The second-order valence-electron chi connectivity index (χ2n) is 9.00. The van der Waals surface area contributed by atoms with Crippen LogP contribution in [0.1, 0.15) is 67.2 Å². The topological polar surface area (TPSA) is 82.1 Å². The van der Waals surface area contributed by atoms with Gasteiger partial charge in [0.2, 0.25) is 0 Å². The Labute approximate surface area is 187 Å². The van der Waals surface area contributed by atoms with Crippen LogP contribution in [-0.2, 0) is 23.8 Å². The first-order valence-electron chi connectivity index (χ1n) is 11.1. The molecule has 0 spiro atoms. The molecule has 5 unspecified atom stereocenters. The van der Waals surface area contributed by atoms with E-state index in [4.69, 9.17) is 14.2 Å². The standard InChI is InChI=1S/C25H40O6/c1-8-15-24(5,6)31-18(4)21(17-25(7,10-3)29-16-9-2)30-23(28)20-14-12-11-13-19(20)22(26)27/h8-9,11-12,15,18-21H,2,10,13-14,16-17H2,1,3-7H3,(H,26,27)/b15-8-. The van der Waals surface area contributed by atoms with Gasteiger partial charge in [-0.1, -0.05) is 37.3 Å². The molecule has 0 radical (unpaired) electrons. The molecule has 176 valence electrons. The highest BCUT2D eigenvalue weighted by Gasteiger charge is 2.40. The van der Waals surface area contributed by atoms with Crippen molar-refractivity contribution in [3.05, 3.63) is 37.0 Å². The van der Waals surface area contributed by atoms with E-state index in [9.17, 15) is 14.7 Å². The molecular weight excluding hydrogens is 396 g/mol. The number of hydrogen-bond donors (Lipinski definition) is 1. The van der Waals surface area contributed by atoms with Gasteiger partial charge in [-0.2, -0.15) is 0 Å². The van der Waals surface area contributed by atoms with E-state index < -0.39 is 47.2 Å². The van der Waals surface area contributed by atoms with Crippen molar-refractivity contribution in [2.45, 2.75) is 90.6 Å². The summed E-state index contributed by atoms with van der Waals surface area (Å²) in [4.78, 5) is 24.7. The molecule has 6 heteroatoms. The zero-order valence-electron chi connectivity index (χ0n) is 19.9. The summed E-state index contributed by atoms with van der Waals surface area (Å²) < 4.78 is 18.2. The first kappa shape index (κ1) is 27.1. The van der Waals surface area contributed by atoms with Crippen LogP contribution < -0.4 is 0 Å². The molecule has 1 N–H and O–H groups in total. The van der Waals surface area contributed by atoms with Crippen LogP contribution in [0.5, 0.6) is 0 Å². The van der Waals surface area contributed by atoms with Crippen LogP contribution in [-0.4, -0.2) is 47.1 Å². The van der Waals surface area contributed by atoms with E-state index in [0.29, 0.717) is 32.3 Å². The molecule has 0 amide bonds. The van der Waals surface area contributed by atoms with E-state index in [1.54, 1.807) is 6.08 Å². The summed E-state index contributed by atoms with van der Waals surface area (Å²) in [5.41, 5.74) is -1.08. The zero-order valence-corrected chi connectivity index (χ0v) is 19.9. The van der Waals surface area contributed by atoms with Crippen LogP contribution in [0.15, 0.2) is 37.0 Å². The predicted molar refractivity (Wildman–Crippen MR) is 122 cm³/mol. The van der Waals surface area contributed by atoms with Gasteiger partial charge in [0, 0.05) is 6.42 Å². The lowest BCUT2D eigenvalue weighted by Gasteiger charge is -2.37. The second kappa shape index (κ2) is 12.2. The Morgan fingerprint density at radius 1 is 1.23 bits per heavy atom. The van der Waals surface area contributed by atoms with E-state index in [-0.39, 0.29) is 0 Å². The van der Waals surface area contributed by atoms with E-state index >= 15 is 0 Å². The van der Waals surface area contributed by atoms with Crippen LogP contribution in [0.25, 0.3) is 0 Å². The lowest BCUT2D eigenvalue weighted by atomic mass is 9.83. The molecule has 0 aromatic heterocycles. The minimum atomic E-state index is -0.978. The molecule has 1 aliphatic rings. The Morgan fingerprint density at radius 2 is 1.84 bits per heavy atom. The third kappa shape index (κ3) is 8.62. The van der Waals surface area contributed by atoms with Crippen molar-refractivity contribution in [1.29, 1.82) is 0 Å². The van der Waals surface area contributed by atoms with Crippen molar-refractivity contribution >= 4 is 11.9 Å². The molecule has 0 bridgehead atoms. The molecule has 0 aliphatic heterocycles. The molecule has 0 heterocycles. The Hall–Kier alpha value is -1.92. The molecular formula is C25H40O6. The van der Waals surface area contributed by atoms with Gasteiger partial charge in [-0.25, -0.2) is 0 Å². The number of aliphatic carboxylic acids is 1. The van der Waals surface area contributed by atoms with Crippen molar-refractivity contribution in [2.75, 3.05) is 6.61 Å². The van der Waals surface area contributed by atoms with Gasteiger partial charge in [0.1, 0.15) is 6.10 Å². The van der Waals surface area contributed by atoms with Gasteiger partial charge in [0.25, 0.3) is 0 Å². The minimum Gasteiger partial charge on any atom is -0.481 e. The number of carboxylic acid groups (broad SMARTS) is 1. The Morgan fingerprint density at radius 3 is 2.35 bits per heavy atom. The maximum atomic E-state index is 13.1. The van der Waals surface area contributed by atoms with Gasteiger partial charge in [0.05, 0.1) is 35.7 Å². The highest BCUT2D eigenvalue weighted by molar-refractivity contribution is 5.81. The number of carboxylic acids is 1. The summed E-state index contributed by atoms with van der Waals surface area (Å²) in [6.07, 6.45) is 10.0. The Bertz CT molecular complexity index is 665. The molecule has 6 nitrogen and oxygen atoms in total. The fourth-order valence-corrected chi connectivity index (χ4v) is 3.87. The third-order valence-electron chi connectivity index (χ3n) is 5.83. The molecule has 0 fully saturated rings. The number of rotatable bonds is 13. The normalized spacial score (nSPS) is 23.2. The summed E-state index contributed by atoms with van der Waals surface area (Å²) in [5, 5.41) is 9.53. The summed E-state index contributed by atoms with van der Waals surface area (Å²) in [5.74, 6) is -2.96. The van der Waals surface area contributed by atoms with E-state index in [1.165, 1.54) is 0 Å². The number of esters is 1. The third-order valence-corrected chi connectivity index (χ3v) is 5.83. The van der Waals surface area contributed by atoms with E-state index in [1.807, 2.05) is 65.8 Å². The second-order valence-corrected chi connectivity index (χ2v) is 9.00. The molecule has 1 rings (SSSR count). The predicted octanol–water partition coefficient (Wildman–Crippen LogP) is 5.09. The smallest absolute Gasteiger partial charge is 0.310 e. The van der Waals surface area contributed by atoms with E-state index in [0.717, 1.165) is 0 Å². The van der Waals surface area contributed by atoms with Crippen LogP contribution in [0.3, 0.4) is 0 Å². The molecule has 5 atom stereocenters. The van der Waals surface area contributed by atoms with Crippen molar-refractivity contribution in [3.8, 4) is 0 Å². The van der Waals surface area contributed by atoms with Crippen LogP contribution in [0.2, 0.25) is 0 Å². The molecule has 1 aliphatic carbocycles. The highest BCUT2D eigenvalue weighted by atomic mass is 16.6. The van der Waals surface area contributed by atoms with Gasteiger partial charge in [0.15, 0.2) is 0 Å². The average molecular weight is 437 g/mol. The fraction of sp³-hybridized carbons (Fsp3) is 0.680. The highest BCUT2D eigenvalue weighted by Crippen LogP contribution is 2.31. The summed E-state index contributed by atoms with van der Waals surface area (Å²) >= 11 is 0. The Kier molecular flexibility index (Phi) is 10.7. The maximum absolute atomic E-state index is 13.1. The molecule has 0 saturated heterocycles. The molecule has 0 aromatic carbocycles. The summed E-state index contributed by atoms with van der Waals surface area (Å²) in [7, 11) is 0. The van der Waals surface area contributed by atoms with Gasteiger partial charge < -0.3 is 19.3 Å². The molecule has 31 heavy (non-hydrogen) atoms. The quantitative estimate of drug-likeness (QED) is 0.320. The fourth-order valence-electron chi connectivity index (χ4n) is 3.87. The lowest BCUT2D eigenvalue weighted by molar-refractivity contribution is -0.179. The van der Waals surface area contributed by atoms with Crippen molar-refractivity contribution in [3.63, 3.8) is 0 Å². The summed E-state index contributed by atoms with van der Waals surface area (Å²) in [6, 6.07) is 0. The average Bonchev–Trinajstić information content (AvgIpc) is 2.71. The monoisotopic (exact) mass is 436 g/mol. The van der Waals surface area contributed by atoms with Crippen LogP contribution >= 0.6 is 0 Å². The van der Waals surface area contributed by atoms with Crippen molar-refractivity contribution in [1.82, 2.24) is 0 Å². The van der Waals surface area contributed by atoms with Crippen molar-refractivity contribution in [2.24, 2.45) is 11.8 Å². The number of carbonyl (C=O) groups is 2. The largest absolute Gasteiger partial charge is 0.481 e. The summed E-state index contributed by atoms with van der Waals surface area (Å²) in [6.45, 7) is 15.8. The SMILES string of the molecule is C=CCOC(C)(CC)CC(OC(=O)C1CC=CCC1C(=O)O)C(C)OC(C)(C)/C=C\C. The zero-order chi connectivity index (χ0) is 23.7. The number of carbonyl (C=O) groups excluding carboxylic acids is 1. The lowest BCUT2D eigenvalue weighted by Crippen LogP contribution is -2.45. The molecule has 0 saturated carbocycles. The van der Waals surface area contributed by atoms with E-state index in [2.05, 4.69) is 6.58 Å². The first-order valence-corrected chi connectivity index (χ1v) is 11.1. The number of hydrogen-bond acceptors (Lipinski definition) is 5. The van der Waals surface area contributed by atoms with Crippen molar-refractivity contribution < 1.29 is 28.9 Å². The number of ether oxygens (including phenoxy) is 3. The van der Waals surface area contributed by atoms with Gasteiger partial charge >= 0.3 is 11.9 Å². The maximum Gasteiger partial charge on any atom is 0.310 e. The first-order chi connectivity index (χ1) is 14.5. The minimum absolute atomic E-state index is 0.329. The number of allylic oxidation sites excluding steroid dienone is 3. The van der Waals surface area contributed by atoms with Gasteiger partial charge in [-0.05, 0) is 53.9 Å². The van der Waals surface area contributed by atoms with Gasteiger partial charge in [-0.15, -0.1) is 6.58 Å². The van der Waals surface area contributed by atoms with Crippen LogP contribution in [0, 0.1) is 11.8 Å². The molecule has 0 aromatic rings. The Balaban J connectivity index is 3.10. The van der Waals surface area contributed by atoms with Crippen LogP contribution in [0.4, 0.5) is 0 Å².